The highest BCUT2D eigenvalue weighted by atomic mass is 35.5. The standard InChI is InChI=1S/C20H14ClN5O2/c1-28-14-7-11-15(9-4-5-13(21)18-12(9)8-24-26-18)16(22)20(27)25-17(11)10-3-2-6-23-19(10)14/h2-8H,22H2,1H3,(H,24,26)(H,25,27). The zero-order chi connectivity index (χ0) is 19.4. The molecule has 0 saturated carbocycles. The Morgan fingerprint density at radius 1 is 1.14 bits per heavy atom. The molecule has 8 heteroatoms. The van der Waals surface area contributed by atoms with E-state index in [9.17, 15) is 4.79 Å². The van der Waals surface area contributed by atoms with E-state index in [4.69, 9.17) is 22.1 Å². The molecule has 0 bridgehead atoms. The number of halogens is 1. The SMILES string of the molecule is COc1cc2c(-c3ccc(Cl)c4[nH]ncc34)c(N)c(=O)[nH]c2c2cccnc12. The van der Waals surface area contributed by atoms with Crippen LogP contribution in [0.4, 0.5) is 5.69 Å². The molecule has 0 spiro atoms. The van der Waals surface area contributed by atoms with Crippen LogP contribution in [-0.2, 0) is 0 Å². The number of fused-ring (bicyclic) bond motifs is 4. The summed E-state index contributed by atoms with van der Waals surface area (Å²) in [5.41, 5.74) is 9.34. The van der Waals surface area contributed by atoms with E-state index in [1.807, 2.05) is 24.3 Å². The lowest BCUT2D eigenvalue weighted by atomic mass is 9.95. The summed E-state index contributed by atoms with van der Waals surface area (Å²) in [6.07, 6.45) is 3.35. The maximum absolute atomic E-state index is 12.7. The number of aromatic amines is 2. The average Bonchev–Trinajstić information content (AvgIpc) is 3.21. The van der Waals surface area contributed by atoms with Crippen molar-refractivity contribution in [2.24, 2.45) is 0 Å². The predicted octanol–water partition coefficient (Wildman–Crippen LogP) is 3.86. The fraction of sp³-hybridized carbons (Fsp3) is 0.0500. The number of ether oxygens (including phenoxy) is 1. The summed E-state index contributed by atoms with van der Waals surface area (Å²) < 4.78 is 5.55. The van der Waals surface area contributed by atoms with Crippen LogP contribution in [-0.4, -0.2) is 27.3 Å². The topological polar surface area (TPSA) is 110 Å². The first-order chi connectivity index (χ1) is 13.6. The van der Waals surface area contributed by atoms with Crippen molar-refractivity contribution in [3.05, 3.63) is 58.1 Å². The zero-order valence-electron chi connectivity index (χ0n) is 14.7. The number of methoxy groups -OCH3 is 1. The molecule has 0 unspecified atom stereocenters. The van der Waals surface area contributed by atoms with Gasteiger partial charge in [0.15, 0.2) is 0 Å². The normalized spacial score (nSPS) is 11.5. The van der Waals surface area contributed by atoms with Gasteiger partial charge in [-0.15, -0.1) is 0 Å². The molecule has 0 aliphatic heterocycles. The molecular formula is C20H14ClN5O2. The average molecular weight is 392 g/mol. The third-order valence-corrected chi connectivity index (χ3v) is 5.25. The van der Waals surface area contributed by atoms with Gasteiger partial charge in [-0.25, -0.2) is 0 Å². The molecule has 5 aromatic rings. The maximum Gasteiger partial charge on any atom is 0.272 e. The second kappa shape index (κ2) is 5.97. The van der Waals surface area contributed by atoms with Gasteiger partial charge in [-0.2, -0.15) is 5.10 Å². The molecule has 138 valence electrons. The highest BCUT2D eigenvalue weighted by molar-refractivity contribution is 6.35. The van der Waals surface area contributed by atoms with E-state index in [0.717, 1.165) is 21.7 Å². The monoisotopic (exact) mass is 391 g/mol. The first kappa shape index (κ1) is 16.6. The first-order valence-electron chi connectivity index (χ1n) is 8.49. The Hall–Kier alpha value is -3.58. The van der Waals surface area contributed by atoms with Crippen LogP contribution in [0.2, 0.25) is 5.02 Å². The van der Waals surface area contributed by atoms with Gasteiger partial charge < -0.3 is 15.5 Å². The van der Waals surface area contributed by atoms with Crippen molar-refractivity contribution in [1.82, 2.24) is 20.2 Å². The zero-order valence-corrected chi connectivity index (χ0v) is 15.5. The fourth-order valence-electron chi connectivity index (χ4n) is 3.66. The molecule has 0 radical (unpaired) electrons. The van der Waals surface area contributed by atoms with Gasteiger partial charge in [0.1, 0.15) is 17.0 Å². The molecule has 0 saturated heterocycles. The lowest BCUT2D eigenvalue weighted by Gasteiger charge is -2.14. The summed E-state index contributed by atoms with van der Waals surface area (Å²) in [5.74, 6) is 0.591. The number of hydrogen-bond acceptors (Lipinski definition) is 5. The number of H-pyrrole nitrogens is 2. The largest absolute Gasteiger partial charge is 0.494 e. The quantitative estimate of drug-likeness (QED) is 0.396. The number of benzene rings is 2. The Kier molecular flexibility index (Phi) is 3.53. The second-order valence-corrected chi connectivity index (χ2v) is 6.80. The van der Waals surface area contributed by atoms with E-state index in [1.165, 1.54) is 0 Å². The van der Waals surface area contributed by atoms with Crippen molar-refractivity contribution in [2.75, 3.05) is 12.8 Å². The van der Waals surface area contributed by atoms with E-state index in [2.05, 4.69) is 20.2 Å². The van der Waals surface area contributed by atoms with Crippen molar-refractivity contribution in [2.45, 2.75) is 0 Å². The summed E-state index contributed by atoms with van der Waals surface area (Å²) in [5, 5.41) is 9.81. The van der Waals surface area contributed by atoms with Crippen molar-refractivity contribution < 1.29 is 4.74 Å². The number of nitrogens with one attached hydrogen (secondary N) is 2. The van der Waals surface area contributed by atoms with E-state index >= 15 is 0 Å². The van der Waals surface area contributed by atoms with Crippen LogP contribution in [0.1, 0.15) is 0 Å². The van der Waals surface area contributed by atoms with E-state index in [1.54, 1.807) is 25.6 Å². The van der Waals surface area contributed by atoms with Crippen LogP contribution in [0, 0.1) is 0 Å². The maximum atomic E-state index is 12.7. The number of aromatic nitrogens is 4. The Bertz CT molecular complexity index is 1450. The molecule has 4 N–H and O–H groups in total. The minimum atomic E-state index is -0.371. The number of hydrogen-bond donors (Lipinski definition) is 3. The summed E-state index contributed by atoms with van der Waals surface area (Å²) in [4.78, 5) is 20.0. The van der Waals surface area contributed by atoms with Crippen molar-refractivity contribution >= 4 is 50.0 Å². The minimum absolute atomic E-state index is 0.114. The van der Waals surface area contributed by atoms with Gasteiger partial charge in [-0.05, 0) is 29.8 Å². The third-order valence-electron chi connectivity index (χ3n) is 4.93. The number of nitrogen functional groups attached to an aromatic ring is 1. The molecule has 0 atom stereocenters. The highest BCUT2D eigenvalue weighted by Crippen LogP contribution is 2.41. The molecule has 0 aliphatic rings. The van der Waals surface area contributed by atoms with Gasteiger partial charge in [0.25, 0.3) is 5.56 Å². The van der Waals surface area contributed by atoms with Crippen molar-refractivity contribution in [3.63, 3.8) is 0 Å². The second-order valence-electron chi connectivity index (χ2n) is 6.40. The molecule has 3 aromatic heterocycles. The predicted molar refractivity (Wildman–Crippen MR) is 111 cm³/mol. The molecule has 7 nitrogen and oxygen atoms in total. The van der Waals surface area contributed by atoms with Crippen LogP contribution < -0.4 is 16.0 Å². The summed E-state index contributed by atoms with van der Waals surface area (Å²) in [6.45, 7) is 0. The Balaban J connectivity index is 2.03. The Morgan fingerprint density at radius 3 is 2.82 bits per heavy atom. The van der Waals surface area contributed by atoms with Gasteiger partial charge in [0.05, 0.1) is 29.4 Å². The van der Waals surface area contributed by atoms with Crippen LogP contribution in [0.15, 0.2) is 47.5 Å². The van der Waals surface area contributed by atoms with Gasteiger partial charge in [-0.1, -0.05) is 17.7 Å². The van der Waals surface area contributed by atoms with Crippen LogP contribution in [0.3, 0.4) is 0 Å². The lowest BCUT2D eigenvalue weighted by Crippen LogP contribution is -2.14. The molecule has 5 rings (SSSR count). The lowest BCUT2D eigenvalue weighted by molar-refractivity contribution is 0.419. The van der Waals surface area contributed by atoms with Gasteiger partial charge in [-0.3, -0.25) is 14.9 Å². The summed E-state index contributed by atoms with van der Waals surface area (Å²) in [6, 6.07) is 9.13. The fourth-order valence-corrected chi connectivity index (χ4v) is 3.86. The molecule has 2 aromatic carbocycles. The van der Waals surface area contributed by atoms with E-state index in [-0.39, 0.29) is 11.2 Å². The number of nitrogens with zero attached hydrogens (tertiary/aromatic N) is 2. The molecule has 0 aliphatic carbocycles. The number of rotatable bonds is 2. The molecule has 28 heavy (non-hydrogen) atoms. The van der Waals surface area contributed by atoms with Gasteiger partial charge in [0, 0.05) is 27.9 Å². The number of nitrogens with two attached hydrogens (primary N) is 1. The molecule has 0 fully saturated rings. The Morgan fingerprint density at radius 2 is 2.00 bits per heavy atom. The van der Waals surface area contributed by atoms with Crippen LogP contribution in [0.5, 0.6) is 5.75 Å². The van der Waals surface area contributed by atoms with Crippen molar-refractivity contribution in [3.8, 4) is 16.9 Å². The van der Waals surface area contributed by atoms with E-state index < -0.39 is 0 Å². The van der Waals surface area contributed by atoms with Gasteiger partial charge in [0.2, 0.25) is 0 Å². The molecule has 3 heterocycles. The number of pyridine rings is 2. The summed E-state index contributed by atoms with van der Waals surface area (Å²) in [7, 11) is 1.58. The van der Waals surface area contributed by atoms with Crippen LogP contribution >= 0.6 is 11.6 Å². The smallest absolute Gasteiger partial charge is 0.272 e. The van der Waals surface area contributed by atoms with Crippen molar-refractivity contribution in [1.29, 1.82) is 0 Å². The minimum Gasteiger partial charge on any atom is -0.494 e. The highest BCUT2D eigenvalue weighted by Gasteiger charge is 2.19. The van der Waals surface area contributed by atoms with E-state index in [0.29, 0.717) is 32.9 Å². The Labute approximate surface area is 163 Å². The molecular weight excluding hydrogens is 378 g/mol. The summed E-state index contributed by atoms with van der Waals surface area (Å²) >= 11 is 6.27. The third kappa shape index (κ3) is 2.20. The first-order valence-corrected chi connectivity index (χ1v) is 8.87. The van der Waals surface area contributed by atoms with Crippen LogP contribution in [0.25, 0.3) is 43.8 Å². The number of anilines is 1. The molecule has 0 amide bonds. The van der Waals surface area contributed by atoms with Gasteiger partial charge >= 0.3 is 0 Å².